The molecule has 0 saturated carbocycles. The van der Waals surface area contributed by atoms with Crippen LogP contribution in [0.15, 0.2) is 46.9 Å². The third-order valence-electron chi connectivity index (χ3n) is 3.76. The first kappa shape index (κ1) is 17.0. The highest BCUT2D eigenvalue weighted by atomic mass is 79.9. The van der Waals surface area contributed by atoms with Crippen LogP contribution in [0.5, 0.6) is 5.75 Å². The van der Waals surface area contributed by atoms with E-state index in [1.54, 1.807) is 36.4 Å². The van der Waals surface area contributed by atoms with Crippen molar-refractivity contribution in [3.05, 3.63) is 63.1 Å². The van der Waals surface area contributed by atoms with Crippen LogP contribution in [-0.4, -0.2) is 29.9 Å². The third-order valence-corrected chi connectivity index (χ3v) is 4.44. The summed E-state index contributed by atoms with van der Waals surface area (Å²) in [5, 5.41) is 0.602. The Hall–Kier alpha value is -1.85. The summed E-state index contributed by atoms with van der Waals surface area (Å²) in [5.74, 6) is 0.265. The first-order valence-corrected chi connectivity index (χ1v) is 8.77. The fourth-order valence-corrected chi connectivity index (χ4v) is 3.45. The van der Waals surface area contributed by atoms with Crippen LogP contribution in [0.3, 0.4) is 0 Å². The van der Waals surface area contributed by atoms with Gasteiger partial charge in [-0.05, 0) is 43.2 Å². The van der Waals surface area contributed by atoms with E-state index in [1.807, 2.05) is 6.07 Å². The predicted octanol–water partition coefficient (Wildman–Crippen LogP) is 4.56. The van der Waals surface area contributed by atoms with Crippen molar-refractivity contribution in [1.82, 2.24) is 4.90 Å². The number of amides is 2. The van der Waals surface area contributed by atoms with Crippen molar-refractivity contribution < 1.29 is 14.3 Å². The molecule has 1 heterocycles. The Morgan fingerprint density at radius 3 is 2.29 bits per heavy atom. The molecule has 6 heteroatoms. The lowest BCUT2D eigenvalue weighted by atomic mass is 10.1. The molecule has 0 N–H and O–H groups in total. The highest BCUT2D eigenvalue weighted by Crippen LogP contribution is 2.25. The van der Waals surface area contributed by atoms with Crippen LogP contribution in [0.2, 0.25) is 5.02 Å². The molecule has 0 spiro atoms. The molecular formula is C18H15BrClNO3. The Morgan fingerprint density at radius 1 is 1.00 bits per heavy atom. The Bertz CT molecular complexity index is 738. The molecule has 0 atom stereocenters. The number of hydrogen-bond donors (Lipinski definition) is 0. The summed E-state index contributed by atoms with van der Waals surface area (Å²) in [4.78, 5) is 25.7. The number of imide groups is 1. The third kappa shape index (κ3) is 3.62. The number of fused-ring (bicyclic) bond motifs is 1. The Kier molecular flexibility index (Phi) is 5.21. The molecule has 1 aliphatic heterocycles. The Morgan fingerprint density at radius 2 is 1.67 bits per heavy atom. The van der Waals surface area contributed by atoms with Crippen molar-refractivity contribution in [2.75, 3.05) is 13.2 Å². The molecule has 0 saturated heterocycles. The molecule has 2 amide bonds. The van der Waals surface area contributed by atoms with Gasteiger partial charge in [0.2, 0.25) is 0 Å². The lowest BCUT2D eigenvalue weighted by molar-refractivity contribution is 0.0649. The van der Waals surface area contributed by atoms with E-state index in [2.05, 4.69) is 15.9 Å². The van der Waals surface area contributed by atoms with Crippen molar-refractivity contribution in [2.45, 2.75) is 12.8 Å². The highest BCUT2D eigenvalue weighted by Gasteiger charge is 2.34. The van der Waals surface area contributed by atoms with E-state index in [-0.39, 0.29) is 11.8 Å². The highest BCUT2D eigenvalue weighted by molar-refractivity contribution is 9.10. The van der Waals surface area contributed by atoms with E-state index in [0.717, 1.165) is 10.9 Å². The van der Waals surface area contributed by atoms with Crippen molar-refractivity contribution in [2.24, 2.45) is 0 Å². The number of ether oxygens (including phenoxy) is 1. The zero-order valence-electron chi connectivity index (χ0n) is 12.8. The minimum atomic E-state index is -0.213. The van der Waals surface area contributed by atoms with E-state index >= 15 is 0 Å². The Balaban J connectivity index is 1.48. The number of nitrogens with zero attached hydrogens (tertiary/aromatic N) is 1. The maximum atomic E-state index is 12.2. The van der Waals surface area contributed by atoms with Gasteiger partial charge in [-0.1, -0.05) is 39.7 Å². The number of carbonyl (C=O) groups is 2. The molecule has 0 bridgehead atoms. The van der Waals surface area contributed by atoms with E-state index in [9.17, 15) is 9.59 Å². The van der Waals surface area contributed by atoms with Gasteiger partial charge in [-0.3, -0.25) is 14.5 Å². The second-order valence-electron chi connectivity index (χ2n) is 5.47. The maximum Gasteiger partial charge on any atom is 0.261 e. The quantitative estimate of drug-likeness (QED) is 0.520. The molecule has 2 aromatic carbocycles. The second kappa shape index (κ2) is 7.36. The van der Waals surface area contributed by atoms with Crippen LogP contribution in [0.25, 0.3) is 0 Å². The zero-order chi connectivity index (χ0) is 17.1. The summed E-state index contributed by atoms with van der Waals surface area (Å²) in [7, 11) is 0. The average molecular weight is 409 g/mol. The van der Waals surface area contributed by atoms with Gasteiger partial charge < -0.3 is 4.74 Å². The van der Waals surface area contributed by atoms with Gasteiger partial charge in [0, 0.05) is 16.0 Å². The molecule has 0 aromatic heterocycles. The van der Waals surface area contributed by atoms with Crippen molar-refractivity contribution in [3.63, 3.8) is 0 Å². The number of carbonyl (C=O) groups excluding carboxylic acids is 2. The maximum absolute atomic E-state index is 12.2. The van der Waals surface area contributed by atoms with E-state index in [0.29, 0.717) is 41.5 Å². The van der Waals surface area contributed by atoms with Gasteiger partial charge in [-0.15, -0.1) is 0 Å². The summed E-state index contributed by atoms with van der Waals surface area (Å²) in [5.41, 5.74) is 0.977. The number of benzene rings is 2. The molecule has 0 aliphatic carbocycles. The zero-order valence-corrected chi connectivity index (χ0v) is 15.1. The second-order valence-corrected chi connectivity index (χ2v) is 6.82. The van der Waals surface area contributed by atoms with Crippen LogP contribution < -0.4 is 4.74 Å². The normalized spacial score (nSPS) is 13.3. The Labute approximate surface area is 153 Å². The molecule has 1 aliphatic rings. The van der Waals surface area contributed by atoms with Gasteiger partial charge in [0.15, 0.2) is 0 Å². The molecule has 0 fully saturated rings. The summed E-state index contributed by atoms with van der Waals surface area (Å²) >= 11 is 9.32. The van der Waals surface area contributed by atoms with Gasteiger partial charge in [0.25, 0.3) is 11.8 Å². The first-order valence-electron chi connectivity index (χ1n) is 7.60. The predicted molar refractivity (Wildman–Crippen MR) is 95.7 cm³/mol. The minimum Gasteiger partial charge on any atom is -0.494 e. The topological polar surface area (TPSA) is 46.6 Å². The van der Waals surface area contributed by atoms with Crippen LogP contribution in [0, 0.1) is 0 Å². The van der Waals surface area contributed by atoms with Gasteiger partial charge >= 0.3 is 0 Å². The standard InChI is InChI=1S/C18H15BrClNO3/c19-12-9-13(20)11-14(10-12)24-8-4-3-7-21-17(22)15-5-1-2-6-16(15)18(21)23/h1-2,5-6,9-11H,3-4,7-8H2. The SMILES string of the molecule is O=C1c2ccccc2C(=O)N1CCCCOc1cc(Cl)cc(Br)c1. The van der Waals surface area contributed by atoms with E-state index in [4.69, 9.17) is 16.3 Å². The van der Waals surface area contributed by atoms with Gasteiger partial charge in [-0.2, -0.15) is 0 Å². The van der Waals surface area contributed by atoms with Crippen LogP contribution >= 0.6 is 27.5 Å². The fraction of sp³-hybridized carbons (Fsp3) is 0.222. The van der Waals surface area contributed by atoms with Crippen LogP contribution in [0.4, 0.5) is 0 Å². The van der Waals surface area contributed by atoms with Gasteiger partial charge in [-0.25, -0.2) is 0 Å². The summed E-state index contributed by atoms with van der Waals surface area (Å²) in [6.45, 7) is 0.894. The molecule has 2 aromatic rings. The average Bonchev–Trinajstić information content (AvgIpc) is 2.79. The van der Waals surface area contributed by atoms with Crippen molar-refractivity contribution in [3.8, 4) is 5.75 Å². The van der Waals surface area contributed by atoms with Gasteiger partial charge in [0.05, 0.1) is 17.7 Å². The number of unbranched alkanes of at least 4 members (excludes halogenated alkanes) is 1. The fourth-order valence-electron chi connectivity index (χ4n) is 2.62. The molecule has 0 radical (unpaired) electrons. The minimum absolute atomic E-state index is 0.213. The largest absolute Gasteiger partial charge is 0.494 e. The number of hydrogen-bond acceptors (Lipinski definition) is 3. The summed E-state index contributed by atoms with van der Waals surface area (Å²) in [6, 6.07) is 12.3. The van der Waals surface area contributed by atoms with Crippen LogP contribution in [0.1, 0.15) is 33.6 Å². The van der Waals surface area contributed by atoms with E-state index in [1.165, 1.54) is 4.90 Å². The summed E-state index contributed by atoms with van der Waals surface area (Å²) in [6.07, 6.45) is 1.42. The molecule has 0 unspecified atom stereocenters. The molecule has 124 valence electrons. The summed E-state index contributed by atoms with van der Waals surface area (Å²) < 4.78 is 6.50. The molecule has 24 heavy (non-hydrogen) atoms. The van der Waals surface area contributed by atoms with Crippen molar-refractivity contribution in [1.29, 1.82) is 0 Å². The smallest absolute Gasteiger partial charge is 0.261 e. The molecular weight excluding hydrogens is 394 g/mol. The monoisotopic (exact) mass is 407 g/mol. The van der Waals surface area contributed by atoms with Crippen LogP contribution in [-0.2, 0) is 0 Å². The number of rotatable bonds is 6. The lowest BCUT2D eigenvalue weighted by Gasteiger charge is -2.13. The van der Waals surface area contributed by atoms with Crippen molar-refractivity contribution >= 4 is 39.3 Å². The first-order chi connectivity index (χ1) is 11.6. The van der Waals surface area contributed by atoms with Gasteiger partial charge in [0.1, 0.15) is 5.75 Å². The molecule has 3 rings (SSSR count). The number of halogens is 2. The lowest BCUT2D eigenvalue weighted by Crippen LogP contribution is -2.30. The molecule has 4 nitrogen and oxygen atoms in total. The van der Waals surface area contributed by atoms with E-state index < -0.39 is 0 Å².